The van der Waals surface area contributed by atoms with Crippen molar-refractivity contribution in [3.05, 3.63) is 35.0 Å². The van der Waals surface area contributed by atoms with Crippen LogP contribution >= 0.6 is 11.6 Å². The second-order valence-electron chi connectivity index (χ2n) is 7.17. The smallest absolute Gasteiger partial charge is 0.270 e. The molecule has 4 nitrogen and oxygen atoms in total. The maximum Gasteiger partial charge on any atom is 0.270 e. The fourth-order valence-corrected chi connectivity index (χ4v) is 3.62. The predicted octanol–water partition coefficient (Wildman–Crippen LogP) is 3.83. The molecule has 1 aromatic heterocycles. The molecule has 2 aromatic rings. The topological polar surface area (TPSA) is 56.3 Å². The molecule has 5 heteroatoms. The molecule has 0 spiro atoms. The molecule has 1 aliphatic rings. The van der Waals surface area contributed by atoms with Crippen LogP contribution in [0.4, 0.5) is 0 Å². The number of halogens is 1. The van der Waals surface area contributed by atoms with E-state index in [9.17, 15) is 9.90 Å². The summed E-state index contributed by atoms with van der Waals surface area (Å²) in [4.78, 5) is 17.7. The van der Waals surface area contributed by atoms with Gasteiger partial charge in [0.2, 0.25) is 0 Å². The summed E-state index contributed by atoms with van der Waals surface area (Å²) in [5, 5.41) is 11.6. The van der Waals surface area contributed by atoms with Crippen molar-refractivity contribution in [1.29, 1.82) is 0 Å². The minimum atomic E-state index is -0.632. The summed E-state index contributed by atoms with van der Waals surface area (Å²) in [5.41, 5.74) is 0.908. The molecule has 2 heterocycles. The Morgan fingerprint density at radius 3 is 2.70 bits per heavy atom. The molecule has 1 fully saturated rings. The Balaban J connectivity index is 1.66. The molecule has 1 saturated heterocycles. The quantitative estimate of drug-likeness (QED) is 0.896. The Morgan fingerprint density at radius 1 is 1.35 bits per heavy atom. The van der Waals surface area contributed by atoms with Crippen LogP contribution in [0.1, 0.15) is 43.6 Å². The van der Waals surface area contributed by atoms with Crippen molar-refractivity contribution in [1.82, 2.24) is 9.88 Å². The number of amides is 1. The summed E-state index contributed by atoms with van der Waals surface area (Å²) in [6, 6.07) is 7.44. The van der Waals surface area contributed by atoms with E-state index in [1.165, 1.54) is 0 Å². The van der Waals surface area contributed by atoms with Gasteiger partial charge in [-0.3, -0.25) is 4.79 Å². The van der Waals surface area contributed by atoms with E-state index < -0.39 is 5.60 Å². The minimum Gasteiger partial charge on any atom is -0.390 e. The lowest BCUT2D eigenvalue weighted by atomic mass is 9.86. The molecular weight excluding hydrogens is 312 g/mol. The van der Waals surface area contributed by atoms with Crippen LogP contribution in [0.2, 0.25) is 5.02 Å². The second-order valence-corrected chi connectivity index (χ2v) is 7.60. The molecule has 0 atom stereocenters. The first-order valence-corrected chi connectivity index (χ1v) is 8.49. The van der Waals surface area contributed by atoms with Gasteiger partial charge in [-0.2, -0.15) is 0 Å². The van der Waals surface area contributed by atoms with E-state index in [4.69, 9.17) is 11.6 Å². The van der Waals surface area contributed by atoms with Gasteiger partial charge in [-0.15, -0.1) is 0 Å². The zero-order valence-electron chi connectivity index (χ0n) is 13.6. The van der Waals surface area contributed by atoms with Gasteiger partial charge in [-0.1, -0.05) is 11.6 Å². The molecule has 3 rings (SSSR count). The lowest BCUT2D eigenvalue weighted by molar-refractivity contribution is 0.0357. The number of likely N-dealkylation sites (tertiary alicyclic amines) is 1. The number of carbonyl (C=O) groups excluding carboxylic acids is 1. The van der Waals surface area contributed by atoms with Crippen molar-refractivity contribution in [2.45, 2.75) is 38.7 Å². The van der Waals surface area contributed by atoms with Crippen molar-refractivity contribution in [2.24, 2.45) is 5.92 Å². The Bertz CT molecular complexity index is 709. The van der Waals surface area contributed by atoms with Crippen LogP contribution in [0.5, 0.6) is 0 Å². The summed E-state index contributed by atoms with van der Waals surface area (Å²) < 4.78 is 0. The van der Waals surface area contributed by atoms with Crippen LogP contribution in [0.25, 0.3) is 10.9 Å². The van der Waals surface area contributed by atoms with Crippen LogP contribution < -0.4 is 0 Å². The van der Waals surface area contributed by atoms with E-state index in [0.717, 1.165) is 43.3 Å². The second kappa shape index (κ2) is 6.17. The number of nitrogens with one attached hydrogen (secondary N) is 1. The van der Waals surface area contributed by atoms with Gasteiger partial charge >= 0.3 is 0 Å². The highest BCUT2D eigenvalue weighted by molar-refractivity contribution is 6.31. The van der Waals surface area contributed by atoms with Gasteiger partial charge in [0.05, 0.1) is 5.60 Å². The van der Waals surface area contributed by atoms with Gasteiger partial charge in [0.25, 0.3) is 5.91 Å². The molecule has 0 unspecified atom stereocenters. The number of piperidine rings is 1. The van der Waals surface area contributed by atoms with Gasteiger partial charge in [0.15, 0.2) is 0 Å². The van der Waals surface area contributed by atoms with E-state index >= 15 is 0 Å². The van der Waals surface area contributed by atoms with Crippen LogP contribution in [0.15, 0.2) is 24.3 Å². The minimum absolute atomic E-state index is 0.0408. The highest BCUT2D eigenvalue weighted by Crippen LogP contribution is 2.27. The molecule has 1 aliphatic heterocycles. The van der Waals surface area contributed by atoms with E-state index in [1.54, 1.807) is 0 Å². The molecule has 1 aromatic carbocycles. The van der Waals surface area contributed by atoms with Gasteiger partial charge < -0.3 is 15.0 Å². The highest BCUT2D eigenvalue weighted by atomic mass is 35.5. The van der Waals surface area contributed by atoms with E-state index in [-0.39, 0.29) is 5.91 Å². The lowest BCUT2D eigenvalue weighted by Crippen LogP contribution is -2.40. The van der Waals surface area contributed by atoms with Crippen molar-refractivity contribution < 1.29 is 9.90 Å². The predicted molar refractivity (Wildman–Crippen MR) is 92.9 cm³/mol. The Hall–Kier alpha value is -1.52. The molecule has 0 bridgehead atoms. The first-order chi connectivity index (χ1) is 10.8. The van der Waals surface area contributed by atoms with Gasteiger partial charge in [-0.05, 0) is 63.3 Å². The Morgan fingerprint density at radius 2 is 2.04 bits per heavy atom. The third-order valence-corrected chi connectivity index (χ3v) is 4.74. The summed E-state index contributed by atoms with van der Waals surface area (Å²) >= 11 is 6.00. The van der Waals surface area contributed by atoms with Crippen molar-refractivity contribution in [2.75, 3.05) is 13.1 Å². The standard InChI is InChI=1S/C18H23ClN2O2/c1-18(2,23)11-12-5-7-21(8-6-12)17(22)16-10-13-9-14(19)3-4-15(13)20-16/h3-4,9-10,12,20,23H,5-8,11H2,1-2H3. The average molecular weight is 335 g/mol. The van der Waals surface area contributed by atoms with Crippen molar-refractivity contribution in [3.8, 4) is 0 Å². The summed E-state index contributed by atoms with van der Waals surface area (Å²) in [6.45, 7) is 5.19. The number of rotatable bonds is 3. The number of H-pyrrole nitrogens is 1. The summed E-state index contributed by atoms with van der Waals surface area (Å²) in [5.74, 6) is 0.527. The average Bonchev–Trinajstić information content (AvgIpc) is 2.88. The van der Waals surface area contributed by atoms with E-state index in [0.29, 0.717) is 16.6 Å². The maximum atomic E-state index is 12.7. The SMILES string of the molecule is CC(C)(O)CC1CCN(C(=O)c2cc3cc(Cl)ccc3[nH]2)CC1. The van der Waals surface area contributed by atoms with Crippen molar-refractivity contribution >= 4 is 28.4 Å². The first-order valence-electron chi connectivity index (χ1n) is 8.12. The fraction of sp³-hybridized carbons (Fsp3) is 0.500. The maximum absolute atomic E-state index is 12.7. The zero-order valence-corrected chi connectivity index (χ0v) is 14.4. The molecule has 2 N–H and O–H groups in total. The van der Waals surface area contributed by atoms with Gasteiger partial charge in [0, 0.05) is 29.0 Å². The van der Waals surface area contributed by atoms with E-state index in [2.05, 4.69) is 4.98 Å². The largest absolute Gasteiger partial charge is 0.390 e. The fourth-order valence-electron chi connectivity index (χ4n) is 3.44. The summed E-state index contributed by atoms with van der Waals surface area (Å²) in [6.07, 6.45) is 2.68. The van der Waals surface area contributed by atoms with Crippen LogP contribution in [-0.2, 0) is 0 Å². The number of hydrogen-bond donors (Lipinski definition) is 2. The number of hydrogen-bond acceptors (Lipinski definition) is 2. The normalized spacial score (nSPS) is 17.0. The van der Waals surface area contributed by atoms with Crippen LogP contribution in [0.3, 0.4) is 0 Å². The summed E-state index contributed by atoms with van der Waals surface area (Å²) in [7, 11) is 0. The van der Waals surface area contributed by atoms with Crippen LogP contribution in [-0.4, -0.2) is 39.6 Å². The third-order valence-electron chi connectivity index (χ3n) is 4.50. The number of carbonyl (C=O) groups is 1. The number of fused-ring (bicyclic) bond motifs is 1. The lowest BCUT2D eigenvalue weighted by Gasteiger charge is -2.34. The molecule has 1 amide bonds. The Labute approximate surface area is 141 Å². The number of benzene rings is 1. The van der Waals surface area contributed by atoms with Gasteiger partial charge in [-0.25, -0.2) is 0 Å². The van der Waals surface area contributed by atoms with E-state index in [1.807, 2.05) is 43.0 Å². The molecule has 0 aliphatic carbocycles. The Kier molecular flexibility index (Phi) is 4.39. The molecule has 124 valence electrons. The third kappa shape index (κ3) is 3.88. The zero-order chi connectivity index (χ0) is 16.6. The van der Waals surface area contributed by atoms with Crippen LogP contribution in [0, 0.1) is 5.92 Å². The number of aliphatic hydroxyl groups is 1. The number of aromatic amines is 1. The number of nitrogens with zero attached hydrogens (tertiary/aromatic N) is 1. The highest BCUT2D eigenvalue weighted by Gasteiger charge is 2.27. The first kappa shape index (κ1) is 16.3. The molecule has 0 radical (unpaired) electrons. The van der Waals surface area contributed by atoms with Crippen molar-refractivity contribution in [3.63, 3.8) is 0 Å². The number of aromatic nitrogens is 1. The molecular formula is C18H23ClN2O2. The monoisotopic (exact) mass is 334 g/mol. The van der Waals surface area contributed by atoms with Gasteiger partial charge in [0.1, 0.15) is 5.69 Å². The molecule has 0 saturated carbocycles. The molecule has 23 heavy (non-hydrogen) atoms.